The summed E-state index contributed by atoms with van der Waals surface area (Å²) in [5.41, 5.74) is 3.48. The van der Waals surface area contributed by atoms with Crippen LogP contribution in [0.3, 0.4) is 0 Å². The quantitative estimate of drug-likeness (QED) is 0.504. The zero-order valence-electron chi connectivity index (χ0n) is 13.2. The molecule has 2 rings (SSSR count). The highest BCUT2D eigenvalue weighted by molar-refractivity contribution is 5.98. The van der Waals surface area contributed by atoms with Crippen molar-refractivity contribution in [3.63, 3.8) is 0 Å². The molecule has 5 heteroatoms. The van der Waals surface area contributed by atoms with Gasteiger partial charge in [-0.1, -0.05) is 41.6 Å². The molecule has 0 aliphatic rings. The number of hydrogen-bond acceptors (Lipinski definition) is 5. The van der Waals surface area contributed by atoms with Crippen molar-refractivity contribution in [3.8, 4) is 16.9 Å². The van der Waals surface area contributed by atoms with Gasteiger partial charge in [0.2, 0.25) is 6.61 Å². The highest BCUT2D eigenvalue weighted by Crippen LogP contribution is 2.23. The largest absolute Gasteiger partial charge is 0.508 e. The van der Waals surface area contributed by atoms with Crippen molar-refractivity contribution in [1.29, 1.82) is 0 Å². The number of carbonyl (C=O) groups excluding carboxylic acids is 1. The van der Waals surface area contributed by atoms with Gasteiger partial charge in [-0.15, -0.1) is 0 Å². The van der Waals surface area contributed by atoms with E-state index in [0.717, 1.165) is 16.7 Å². The second-order valence-electron chi connectivity index (χ2n) is 4.88. The zero-order chi connectivity index (χ0) is 16.7. The minimum absolute atomic E-state index is 0.202. The summed E-state index contributed by atoms with van der Waals surface area (Å²) in [4.78, 5) is 16.1. The molecule has 0 amide bonds. The Morgan fingerprint density at radius 2 is 1.87 bits per heavy atom. The molecule has 0 aliphatic carbocycles. The zero-order valence-corrected chi connectivity index (χ0v) is 13.2. The molecular weight excluding hydrogens is 294 g/mol. The molecule has 0 spiro atoms. The fourth-order valence-corrected chi connectivity index (χ4v) is 2.03. The number of rotatable bonds is 6. The van der Waals surface area contributed by atoms with Crippen LogP contribution in [-0.4, -0.2) is 30.0 Å². The third kappa shape index (κ3) is 4.85. The van der Waals surface area contributed by atoms with E-state index in [0.29, 0.717) is 12.3 Å². The number of oxime groups is 1. The fourth-order valence-electron chi connectivity index (χ4n) is 2.03. The average molecular weight is 313 g/mol. The Kier molecular flexibility index (Phi) is 5.74. The Hall–Kier alpha value is -2.82. The Balaban J connectivity index is 2.02. The second-order valence-corrected chi connectivity index (χ2v) is 4.88. The van der Waals surface area contributed by atoms with Gasteiger partial charge in [-0.05, 0) is 42.7 Å². The molecule has 0 aliphatic heterocycles. The number of phenols is 1. The van der Waals surface area contributed by atoms with Crippen molar-refractivity contribution < 1.29 is 19.5 Å². The molecule has 0 fully saturated rings. The third-order valence-corrected chi connectivity index (χ3v) is 3.17. The van der Waals surface area contributed by atoms with Gasteiger partial charge >= 0.3 is 5.97 Å². The summed E-state index contributed by atoms with van der Waals surface area (Å²) in [6.45, 7) is 3.66. The summed E-state index contributed by atoms with van der Waals surface area (Å²) in [5, 5.41) is 13.4. The van der Waals surface area contributed by atoms with Gasteiger partial charge in [0.05, 0.1) is 12.3 Å². The van der Waals surface area contributed by atoms with E-state index >= 15 is 0 Å². The molecule has 2 aromatic rings. The summed E-state index contributed by atoms with van der Waals surface area (Å²) in [7, 11) is 0. The Labute approximate surface area is 135 Å². The van der Waals surface area contributed by atoms with Crippen LogP contribution in [0.4, 0.5) is 0 Å². The maximum atomic E-state index is 11.2. The lowest BCUT2D eigenvalue weighted by molar-refractivity contribution is -0.148. The first-order valence-corrected chi connectivity index (χ1v) is 7.32. The van der Waals surface area contributed by atoms with Gasteiger partial charge in [0, 0.05) is 0 Å². The molecule has 0 atom stereocenters. The molecule has 23 heavy (non-hydrogen) atoms. The molecule has 1 N–H and O–H groups in total. The van der Waals surface area contributed by atoms with E-state index in [1.54, 1.807) is 32.0 Å². The molecule has 0 heterocycles. The molecule has 0 saturated carbocycles. The highest BCUT2D eigenvalue weighted by atomic mass is 16.7. The summed E-state index contributed by atoms with van der Waals surface area (Å²) in [6, 6.07) is 14.8. The van der Waals surface area contributed by atoms with E-state index in [-0.39, 0.29) is 12.4 Å². The predicted octanol–water partition coefficient (Wildman–Crippen LogP) is 3.36. The van der Waals surface area contributed by atoms with Gasteiger partial charge in [0.25, 0.3) is 0 Å². The Bertz CT molecular complexity index is 692. The van der Waals surface area contributed by atoms with Crippen LogP contribution in [-0.2, 0) is 14.4 Å². The maximum Gasteiger partial charge on any atom is 0.347 e. The standard InChI is InChI=1S/C18H19NO4/c1-3-22-18(21)12-23-19-13(2)14-7-9-15(10-8-14)16-5-4-6-17(20)11-16/h4-11,20H,3,12H2,1-2H3. The minimum atomic E-state index is -0.441. The number of nitrogens with zero attached hydrogens (tertiary/aromatic N) is 1. The first-order chi connectivity index (χ1) is 11.1. The Morgan fingerprint density at radius 3 is 2.52 bits per heavy atom. The normalized spacial score (nSPS) is 11.1. The number of carbonyl (C=O) groups is 1. The van der Waals surface area contributed by atoms with Gasteiger partial charge in [-0.2, -0.15) is 0 Å². The highest BCUT2D eigenvalue weighted by Gasteiger charge is 2.04. The van der Waals surface area contributed by atoms with Gasteiger partial charge < -0.3 is 14.7 Å². The van der Waals surface area contributed by atoms with Crippen molar-refractivity contribution in [2.45, 2.75) is 13.8 Å². The van der Waals surface area contributed by atoms with Crippen LogP contribution in [0, 0.1) is 0 Å². The second kappa shape index (κ2) is 7.98. The fraction of sp³-hybridized carbons (Fsp3) is 0.222. The molecule has 120 valence electrons. The molecule has 0 radical (unpaired) electrons. The minimum Gasteiger partial charge on any atom is -0.508 e. The first-order valence-electron chi connectivity index (χ1n) is 7.32. The molecule has 0 aromatic heterocycles. The lowest BCUT2D eigenvalue weighted by atomic mass is 10.0. The number of benzene rings is 2. The van der Waals surface area contributed by atoms with Crippen LogP contribution in [0.1, 0.15) is 19.4 Å². The van der Waals surface area contributed by atoms with Crippen molar-refractivity contribution in [1.82, 2.24) is 0 Å². The number of aromatic hydroxyl groups is 1. The molecule has 5 nitrogen and oxygen atoms in total. The number of esters is 1. The maximum absolute atomic E-state index is 11.2. The van der Waals surface area contributed by atoms with Crippen LogP contribution in [0.5, 0.6) is 5.75 Å². The summed E-state index contributed by atoms with van der Waals surface area (Å²) < 4.78 is 4.75. The number of ether oxygens (including phenoxy) is 1. The predicted molar refractivity (Wildman–Crippen MR) is 88.3 cm³/mol. The van der Waals surface area contributed by atoms with E-state index in [1.807, 2.05) is 30.3 Å². The van der Waals surface area contributed by atoms with Crippen molar-refractivity contribution in [3.05, 3.63) is 54.1 Å². The Morgan fingerprint density at radius 1 is 1.13 bits per heavy atom. The lowest BCUT2D eigenvalue weighted by Crippen LogP contribution is -2.11. The van der Waals surface area contributed by atoms with Crippen LogP contribution in [0.2, 0.25) is 0 Å². The van der Waals surface area contributed by atoms with Crippen LogP contribution < -0.4 is 0 Å². The summed E-state index contributed by atoms with van der Waals surface area (Å²) in [6.07, 6.45) is 0. The van der Waals surface area contributed by atoms with Crippen LogP contribution in [0.25, 0.3) is 11.1 Å². The molecule has 2 aromatic carbocycles. The van der Waals surface area contributed by atoms with E-state index in [4.69, 9.17) is 9.57 Å². The van der Waals surface area contributed by atoms with Gasteiger partial charge in [-0.3, -0.25) is 0 Å². The van der Waals surface area contributed by atoms with Crippen molar-refractivity contribution in [2.75, 3.05) is 13.2 Å². The van der Waals surface area contributed by atoms with E-state index in [1.165, 1.54) is 0 Å². The van der Waals surface area contributed by atoms with Crippen molar-refractivity contribution in [2.24, 2.45) is 5.16 Å². The summed E-state index contributed by atoms with van der Waals surface area (Å²) >= 11 is 0. The van der Waals surface area contributed by atoms with Gasteiger partial charge in [0.15, 0.2) is 0 Å². The van der Waals surface area contributed by atoms with Crippen molar-refractivity contribution >= 4 is 11.7 Å². The average Bonchev–Trinajstić information content (AvgIpc) is 2.55. The number of hydrogen-bond donors (Lipinski definition) is 1. The third-order valence-electron chi connectivity index (χ3n) is 3.17. The number of phenolic OH excluding ortho intramolecular Hbond substituents is 1. The van der Waals surface area contributed by atoms with Gasteiger partial charge in [0.1, 0.15) is 5.75 Å². The lowest BCUT2D eigenvalue weighted by Gasteiger charge is -2.05. The molecule has 0 saturated heterocycles. The van der Waals surface area contributed by atoms with Crippen LogP contribution >= 0.6 is 0 Å². The van der Waals surface area contributed by atoms with E-state index in [2.05, 4.69) is 5.16 Å². The molecule has 0 unspecified atom stereocenters. The summed E-state index contributed by atoms with van der Waals surface area (Å²) in [5.74, 6) is -0.208. The smallest absolute Gasteiger partial charge is 0.347 e. The topological polar surface area (TPSA) is 68.1 Å². The van der Waals surface area contributed by atoms with E-state index in [9.17, 15) is 9.90 Å². The van der Waals surface area contributed by atoms with E-state index < -0.39 is 5.97 Å². The SMILES string of the molecule is CCOC(=O)CON=C(C)c1ccc(-c2cccc(O)c2)cc1. The van der Waals surface area contributed by atoms with Crippen LogP contribution in [0.15, 0.2) is 53.7 Å². The molecule has 0 bridgehead atoms. The monoisotopic (exact) mass is 313 g/mol. The van der Waals surface area contributed by atoms with Gasteiger partial charge in [-0.25, -0.2) is 4.79 Å². The molecular formula is C18H19NO4. The first kappa shape index (κ1) is 16.5.